The van der Waals surface area contributed by atoms with Crippen molar-refractivity contribution in [1.29, 1.82) is 0 Å². The van der Waals surface area contributed by atoms with Crippen molar-refractivity contribution in [3.63, 3.8) is 0 Å². The van der Waals surface area contributed by atoms with E-state index in [-0.39, 0.29) is 17.2 Å². The smallest absolute Gasteiger partial charge is 0.264 e. The number of halogens is 1. The van der Waals surface area contributed by atoms with E-state index in [1.807, 2.05) is 31.2 Å². The van der Waals surface area contributed by atoms with Gasteiger partial charge in [0.05, 0.1) is 0 Å². The summed E-state index contributed by atoms with van der Waals surface area (Å²) in [6.07, 6.45) is 0.491. The fourth-order valence-corrected chi connectivity index (χ4v) is 2.13. The first-order chi connectivity index (χ1) is 10.1. The quantitative estimate of drug-likeness (QED) is 0.800. The number of aromatic nitrogens is 2. The summed E-state index contributed by atoms with van der Waals surface area (Å²) < 4.78 is 18.8. The van der Waals surface area contributed by atoms with Crippen LogP contribution in [-0.2, 0) is 6.42 Å². The summed E-state index contributed by atoms with van der Waals surface area (Å²) in [6.45, 7) is 2.00. The number of phenols is 1. The molecule has 106 valence electrons. The third-order valence-corrected chi connectivity index (χ3v) is 3.28. The number of phenolic OH excluding ortho intramolecular Hbond substituents is 1. The van der Waals surface area contributed by atoms with E-state index in [1.165, 1.54) is 18.2 Å². The zero-order valence-electron chi connectivity index (χ0n) is 11.4. The highest BCUT2D eigenvalue weighted by Gasteiger charge is 2.17. The Labute approximate surface area is 120 Å². The molecule has 1 N–H and O–H groups in total. The minimum Gasteiger partial charge on any atom is -0.507 e. The second kappa shape index (κ2) is 5.36. The van der Waals surface area contributed by atoms with Crippen LogP contribution in [0.5, 0.6) is 5.75 Å². The molecule has 1 heterocycles. The number of aromatic hydroxyl groups is 1. The maximum Gasteiger partial charge on any atom is 0.264 e. The van der Waals surface area contributed by atoms with Gasteiger partial charge in [-0.3, -0.25) is 0 Å². The van der Waals surface area contributed by atoms with Crippen LogP contribution < -0.4 is 0 Å². The molecule has 21 heavy (non-hydrogen) atoms. The Balaban J connectivity index is 1.92. The Morgan fingerprint density at radius 2 is 1.95 bits per heavy atom. The fourth-order valence-electron chi connectivity index (χ4n) is 2.13. The molecule has 2 aromatic carbocycles. The Morgan fingerprint density at radius 3 is 2.71 bits per heavy atom. The predicted octanol–water partition coefficient (Wildman–Crippen LogP) is 3.48. The van der Waals surface area contributed by atoms with Crippen molar-refractivity contribution in [2.24, 2.45) is 0 Å². The molecule has 0 unspecified atom stereocenters. The average Bonchev–Trinajstić information content (AvgIpc) is 2.89. The van der Waals surface area contributed by atoms with E-state index < -0.39 is 5.82 Å². The maximum atomic E-state index is 13.7. The Kier molecular flexibility index (Phi) is 3.39. The first-order valence-corrected chi connectivity index (χ1v) is 6.50. The van der Waals surface area contributed by atoms with Crippen molar-refractivity contribution in [3.8, 4) is 17.2 Å². The average molecular weight is 284 g/mol. The second-order valence-corrected chi connectivity index (χ2v) is 4.75. The van der Waals surface area contributed by atoms with E-state index in [1.54, 1.807) is 0 Å². The molecule has 0 saturated heterocycles. The van der Waals surface area contributed by atoms with Crippen molar-refractivity contribution in [1.82, 2.24) is 10.1 Å². The Bertz CT molecular complexity index is 763. The largest absolute Gasteiger partial charge is 0.507 e. The zero-order chi connectivity index (χ0) is 14.8. The van der Waals surface area contributed by atoms with Gasteiger partial charge in [0.1, 0.15) is 17.1 Å². The van der Waals surface area contributed by atoms with Gasteiger partial charge in [-0.15, -0.1) is 0 Å². The highest BCUT2D eigenvalue weighted by molar-refractivity contribution is 5.62. The number of hydrogen-bond donors (Lipinski definition) is 1. The third-order valence-electron chi connectivity index (χ3n) is 3.28. The normalized spacial score (nSPS) is 10.8. The Morgan fingerprint density at radius 1 is 1.14 bits per heavy atom. The summed E-state index contributed by atoms with van der Waals surface area (Å²) in [5.74, 6) is -0.390. The van der Waals surface area contributed by atoms with Gasteiger partial charge in [0.25, 0.3) is 5.89 Å². The van der Waals surface area contributed by atoms with Crippen LogP contribution in [0, 0.1) is 12.7 Å². The summed E-state index contributed by atoms with van der Waals surface area (Å²) in [5.41, 5.74) is 2.13. The van der Waals surface area contributed by atoms with Crippen LogP contribution in [0.2, 0.25) is 0 Å². The summed E-state index contributed by atoms with van der Waals surface area (Å²) >= 11 is 0. The van der Waals surface area contributed by atoms with Gasteiger partial charge < -0.3 is 9.63 Å². The molecule has 0 saturated carbocycles. The summed E-state index contributed by atoms with van der Waals surface area (Å²) in [7, 11) is 0. The van der Waals surface area contributed by atoms with Crippen LogP contribution >= 0.6 is 0 Å². The first-order valence-electron chi connectivity index (χ1n) is 6.50. The van der Waals surface area contributed by atoms with Crippen LogP contribution in [0.3, 0.4) is 0 Å². The summed E-state index contributed by atoms with van der Waals surface area (Å²) in [4.78, 5) is 4.16. The fraction of sp³-hybridized carbons (Fsp3) is 0.125. The van der Waals surface area contributed by atoms with Gasteiger partial charge in [-0.2, -0.15) is 4.98 Å². The molecule has 0 atom stereocenters. The minimum absolute atomic E-state index is 0.0193. The van der Waals surface area contributed by atoms with E-state index in [0.29, 0.717) is 12.2 Å². The second-order valence-electron chi connectivity index (χ2n) is 4.75. The number of aryl methyl sites for hydroxylation is 1. The van der Waals surface area contributed by atoms with E-state index in [2.05, 4.69) is 10.1 Å². The van der Waals surface area contributed by atoms with E-state index in [0.717, 1.165) is 11.1 Å². The van der Waals surface area contributed by atoms with Gasteiger partial charge in [-0.1, -0.05) is 35.5 Å². The lowest BCUT2D eigenvalue weighted by Crippen LogP contribution is -1.93. The molecular formula is C16H13FN2O2. The molecule has 0 radical (unpaired) electrons. The maximum absolute atomic E-state index is 13.7. The summed E-state index contributed by atoms with van der Waals surface area (Å²) in [6, 6.07) is 11.9. The lowest BCUT2D eigenvalue weighted by molar-refractivity contribution is 0.414. The van der Waals surface area contributed by atoms with E-state index in [9.17, 15) is 9.50 Å². The van der Waals surface area contributed by atoms with Crippen molar-refractivity contribution in [2.75, 3.05) is 0 Å². The predicted molar refractivity (Wildman–Crippen MR) is 75.3 cm³/mol. The van der Waals surface area contributed by atoms with Crippen molar-refractivity contribution >= 4 is 0 Å². The molecule has 0 spiro atoms. The zero-order valence-corrected chi connectivity index (χ0v) is 11.4. The van der Waals surface area contributed by atoms with E-state index in [4.69, 9.17) is 4.52 Å². The highest BCUT2D eigenvalue weighted by Crippen LogP contribution is 2.30. The number of nitrogens with zero attached hydrogens (tertiary/aromatic N) is 2. The van der Waals surface area contributed by atoms with E-state index >= 15 is 0 Å². The topological polar surface area (TPSA) is 59.2 Å². The minimum atomic E-state index is -0.596. The highest BCUT2D eigenvalue weighted by atomic mass is 19.1. The molecule has 0 bridgehead atoms. The lowest BCUT2D eigenvalue weighted by atomic mass is 10.1. The molecule has 3 aromatic rings. The van der Waals surface area contributed by atoms with Crippen LogP contribution in [0.4, 0.5) is 4.39 Å². The first kappa shape index (κ1) is 13.3. The molecule has 5 heteroatoms. The van der Waals surface area contributed by atoms with Crippen LogP contribution in [-0.4, -0.2) is 15.2 Å². The van der Waals surface area contributed by atoms with Gasteiger partial charge in [0, 0.05) is 6.42 Å². The van der Waals surface area contributed by atoms with Crippen molar-refractivity contribution in [3.05, 3.63) is 65.2 Å². The molecule has 0 aliphatic rings. The Hall–Kier alpha value is -2.69. The van der Waals surface area contributed by atoms with Crippen LogP contribution in [0.1, 0.15) is 17.0 Å². The van der Waals surface area contributed by atoms with Crippen LogP contribution in [0.25, 0.3) is 11.5 Å². The molecule has 3 rings (SSSR count). The van der Waals surface area contributed by atoms with Crippen molar-refractivity contribution in [2.45, 2.75) is 13.3 Å². The van der Waals surface area contributed by atoms with Gasteiger partial charge >= 0.3 is 0 Å². The number of benzene rings is 2. The molecule has 0 amide bonds. The SMILES string of the molecule is Cc1ccccc1Cc1noc(-c2c(O)cccc2F)n1. The van der Waals surface area contributed by atoms with Gasteiger partial charge in [0.2, 0.25) is 0 Å². The van der Waals surface area contributed by atoms with Crippen LogP contribution in [0.15, 0.2) is 47.0 Å². The third kappa shape index (κ3) is 2.63. The lowest BCUT2D eigenvalue weighted by Gasteiger charge is -2.01. The molecule has 1 aromatic heterocycles. The number of rotatable bonds is 3. The monoisotopic (exact) mass is 284 g/mol. The molecular weight excluding hydrogens is 271 g/mol. The summed E-state index contributed by atoms with van der Waals surface area (Å²) in [5, 5.41) is 13.6. The standard InChI is InChI=1S/C16H13FN2O2/c1-10-5-2-3-6-11(10)9-14-18-16(21-19-14)15-12(17)7-4-8-13(15)20/h2-8,20H,9H2,1H3. The van der Waals surface area contributed by atoms with Gasteiger partial charge in [-0.25, -0.2) is 4.39 Å². The van der Waals surface area contributed by atoms with Crippen molar-refractivity contribution < 1.29 is 14.0 Å². The molecule has 0 fully saturated rings. The van der Waals surface area contributed by atoms with Gasteiger partial charge in [-0.05, 0) is 30.2 Å². The van der Waals surface area contributed by atoms with Gasteiger partial charge in [0.15, 0.2) is 5.82 Å². The number of hydrogen-bond acceptors (Lipinski definition) is 4. The molecule has 0 aliphatic carbocycles. The molecule has 4 nitrogen and oxygen atoms in total. The molecule has 0 aliphatic heterocycles.